The van der Waals surface area contributed by atoms with Crippen molar-refractivity contribution in [2.24, 2.45) is 11.8 Å². The fourth-order valence-corrected chi connectivity index (χ4v) is 5.94. The standard InChI is InChI=1S/C25H32O2/c1-26-23-15-11-21(12-16-23)25(19-7-3-4-8-19,20-9-5-6-10-20)22-13-17-24(27-2)18-14-22/h11-20H,3-10H2,1-2H3. The van der Waals surface area contributed by atoms with Crippen molar-refractivity contribution in [1.29, 1.82) is 0 Å². The highest BCUT2D eigenvalue weighted by molar-refractivity contribution is 5.45. The minimum Gasteiger partial charge on any atom is -0.497 e. The highest BCUT2D eigenvalue weighted by atomic mass is 16.5. The Morgan fingerprint density at radius 2 is 0.926 bits per heavy atom. The molecule has 4 rings (SSSR count). The van der Waals surface area contributed by atoms with Gasteiger partial charge < -0.3 is 9.47 Å². The van der Waals surface area contributed by atoms with Crippen LogP contribution < -0.4 is 9.47 Å². The van der Waals surface area contributed by atoms with E-state index in [4.69, 9.17) is 9.47 Å². The van der Waals surface area contributed by atoms with Gasteiger partial charge in [-0.25, -0.2) is 0 Å². The maximum Gasteiger partial charge on any atom is 0.118 e. The van der Waals surface area contributed by atoms with Crippen LogP contribution in [-0.2, 0) is 5.41 Å². The summed E-state index contributed by atoms with van der Waals surface area (Å²) < 4.78 is 10.9. The van der Waals surface area contributed by atoms with Crippen LogP contribution in [0, 0.1) is 11.8 Å². The molecule has 0 spiro atoms. The zero-order chi connectivity index (χ0) is 18.7. The van der Waals surface area contributed by atoms with E-state index in [1.54, 1.807) is 14.2 Å². The number of rotatable bonds is 6. The molecule has 0 aliphatic heterocycles. The maximum absolute atomic E-state index is 5.45. The second-order valence-corrected chi connectivity index (χ2v) is 8.29. The predicted octanol–water partition coefficient (Wildman–Crippen LogP) is 6.37. The van der Waals surface area contributed by atoms with Gasteiger partial charge in [-0.3, -0.25) is 0 Å². The zero-order valence-electron chi connectivity index (χ0n) is 16.7. The molecule has 2 aliphatic carbocycles. The normalized spacial score (nSPS) is 18.7. The molecule has 0 heterocycles. The molecule has 0 bridgehead atoms. The molecular formula is C25H32O2. The van der Waals surface area contributed by atoms with E-state index in [0.717, 1.165) is 23.3 Å². The Kier molecular flexibility index (Phi) is 5.43. The monoisotopic (exact) mass is 364 g/mol. The van der Waals surface area contributed by atoms with E-state index in [9.17, 15) is 0 Å². The van der Waals surface area contributed by atoms with E-state index in [2.05, 4.69) is 48.5 Å². The first-order valence-electron chi connectivity index (χ1n) is 10.6. The summed E-state index contributed by atoms with van der Waals surface area (Å²) in [6.07, 6.45) is 10.8. The first-order chi connectivity index (χ1) is 13.3. The van der Waals surface area contributed by atoms with Gasteiger partial charge in [0, 0.05) is 5.41 Å². The van der Waals surface area contributed by atoms with Crippen molar-refractivity contribution < 1.29 is 9.47 Å². The van der Waals surface area contributed by atoms with Crippen LogP contribution in [-0.4, -0.2) is 14.2 Å². The molecule has 0 radical (unpaired) electrons. The topological polar surface area (TPSA) is 18.5 Å². The lowest BCUT2D eigenvalue weighted by Gasteiger charge is -2.46. The van der Waals surface area contributed by atoms with Crippen molar-refractivity contribution in [3.8, 4) is 11.5 Å². The molecule has 2 heteroatoms. The summed E-state index contributed by atoms with van der Waals surface area (Å²) in [5, 5.41) is 0. The largest absolute Gasteiger partial charge is 0.497 e. The van der Waals surface area contributed by atoms with Gasteiger partial charge in [-0.05, 0) is 72.9 Å². The molecule has 0 saturated heterocycles. The number of benzene rings is 2. The molecule has 0 amide bonds. The van der Waals surface area contributed by atoms with E-state index in [1.165, 1.54) is 62.5 Å². The Labute approximate surface area is 163 Å². The zero-order valence-corrected chi connectivity index (χ0v) is 16.7. The van der Waals surface area contributed by atoms with E-state index >= 15 is 0 Å². The van der Waals surface area contributed by atoms with Crippen molar-refractivity contribution in [1.82, 2.24) is 0 Å². The fourth-order valence-electron chi connectivity index (χ4n) is 5.94. The average molecular weight is 365 g/mol. The lowest BCUT2D eigenvalue weighted by molar-refractivity contribution is 0.217. The molecule has 2 aliphatic rings. The van der Waals surface area contributed by atoms with Gasteiger partial charge in [-0.2, -0.15) is 0 Å². The van der Waals surface area contributed by atoms with Gasteiger partial charge in [0.2, 0.25) is 0 Å². The maximum atomic E-state index is 5.45. The molecule has 27 heavy (non-hydrogen) atoms. The van der Waals surface area contributed by atoms with Crippen LogP contribution in [0.2, 0.25) is 0 Å². The van der Waals surface area contributed by atoms with Gasteiger partial charge >= 0.3 is 0 Å². The van der Waals surface area contributed by atoms with Crippen molar-refractivity contribution >= 4 is 0 Å². The molecule has 0 unspecified atom stereocenters. The van der Waals surface area contributed by atoms with Gasteiger partial charge in [0.25, 0.3) is 0 Å². The minimum atomic E-state index is 0.117. The van der Waals surface area contributed by atoms with Crippen LogP contribution in [0.25, 0.3) is 0 Å². The van der Waals surface area contributed by atoms with Crippen LogP contribution in [0.5, 0.6) is 11.5 Å². The van der Waals surface area contributed by atoms with Gasteiger partial charge in [0.15, 0.2) is 0 Å². The molecule has 0 N–H and O–H groups in total. The summed E-state index contributed by atoms with van der Waals surface area (Å²) in [6, 6.07) is 17.9. The van der Waals surface area contributed by atoms with E-state index in [1.807, 2.05) is 0 Å². The molecular weight excluding hydrogens is 332 g/mol. The van der Waals surface area contributed by atoms with Crippen LogP contribution in [0.15, 0.2) is 48.5 Å². The summed E-state index contributed by atoms with van der Waals surface area (Å²) in [5.74, 6) is 3.34. The summed E-state index contributed by atoms with van der Waals surface area (Å²) >= 11 is 0. The van der Waals surface area contributed by atoms with Crippen LogP contribution in [0.3, 0.4) is 0 Å². The van der Waals surface area contributed by atoms with E-state index in [-0.39, 0.29) is 5.41 Å². The minimum absolute atomic E-state index is 0.117. The lowest BCUT2D eigenvalue weighted by atomic mass is 9.57. The molecule has 0 aromatic heterocycles. The smallest absolute Gasteiger partial charge is 0.118 e. The third kappa shape index (κ3) is 3.24. The highest BCUT2D eigenvalue weighted by Crippen LogP contribution is 2.56. The Hall–Kier alpha value is -1.96. The Balaban J connectivity index is 1.89. The quantitative estimate of drug-likeness (QED) is 0.593. The van der Waals surface area contributed by atoms with Crippen molar-refractivity contribution in [3.63, 3.8) is 0 Å². The molecule has 2 aromatic carbocycles. The second kappa shape index (κ2) is 7.96. The third-order valence-electron chi connectivity index (χ3n) is 7.13. The Morgan fingerprint density at radius 3 is 1.22 bits per heavy atom. The first-order valence-corrected chi connectivity index (χ1v) is 10.6. The van der Waals surface area contributed by atoms with Crippen LogP contribution in [0.4, 0.5) is 0 Å². The Bertz CT molecular complexity index is 654. The van der Waals surface area contributed by atoms with Gasteiger partial charge in [-0.15, -0.1) is 0 Å². The Morgan fingerprint density at radius 1 is 0.593 bits per heavy atom. The molecule has 2 aromatic rings. The van der Waals surface area contributed by atoms with Crippen molar-refractivity contribution in [3.05, 3.63) is 59.7 Å². The summed E-state index contributed by atoms with van der Waals surface area (Å²) in [5.41, 5.74) is 3.07. The summed E-state index contributed by atoms with van der Waals surface area (Å²) in [4.78, 5) is 0. The number of methoxy groups -OCH3 is 2. The van der Waals surface area contributed by atoms with Crippen molar-refractivity contribution in [2.75, 3.05) is 14.2 Å². The number of hydrogen-bond donors (Lipinski definition) is 0. The second-order valence-electron chi connectivity index (χ2n) is 8.29. The SMILES string of the molecule is COc1ccc(C(c2ccc(OC)cc2)(C2CCCC2)C2CCCC2)cc1. The number of ether oxygens (including phenoxy) is 2. The molecule has 0 atom stereocenters. The van der Waals surface area contributed by atoms with Crippen LogP contribution >= 0.6 is 0 Å². The van der Waals surface area contributed by atoms with Crippen LogP contribution in [0.1, 0.15) is 62.5 Å². The summed E-state index contributed by atoms with van der Waals surface area (Å²) in [6.45, 7) is 0. The fraction of sp³-hybridized carbons (Fsp3) is 0.520. The van der Waals surface area contributed by atoms with Crippen molar-refractivity contribution in [2.45, 2.75) is 56.8 Å². The predicted molar refractivity (Wildman–Crippen MR) is 111 cm³/mol. The molecule has 144 valence electrons. The van der Waals surface area contributed by atoms with E-state index in [0.29, 0.717) is 0 Å². The third-order valence-corrected chi connectivity index (χ3v) is 7.13. The van der Waals surface area contributed by atoms with Gasteiger partial charge in [-0.1, -0.05) is 49.9 Å². The van der Waals surface area contributed by atoms with Gasteiger partial charge in [0.05, 0.1) is 14.2 Å². The van der Waals surface area contributed by atoms with E-state index < -0.39 is 0 Å². The average Bonchev–Trinajstić information content (AvgIpc) is 3.45. The van der Waals surface area contributed by atoms with Gasteiger partial charge in [0.1, 0.15) is 11.5 Å². The molecule has 2 fully saturated rings. The highest BCUT2D eigenvalue weighted by Gasteiger charge is 2.49. The lowest BCUT2D eigenvalue weighted by Crippen LogP contribution is -2.42. The first kappa shape index (κ1) is 18.4. The molecule has 2 nitrogen and oxygen atoms in total. The number of hydrogen-bond acceptors (Lipinski definition) is 2. The molecule has 2 saturated carbocycles. The summed E-state index contributed by atoms with van der Waals surface area (Å²) in [7, 11) is 3.50.